The third kappa shape index (κ3) is 1.58. The molecule has 0 aromatic rings. The summed E-state index contributed by atoms with van der Waals surface area (Å²) in [7, 11) is 0. The van der Waals surface area contributed by atoms with Crippen LogP contribution in [0.5, 0.6) is 0 Å². The highest BCUT2D eigenvalue weighted by molar-refractivity contribution is 4.85. The second-order valence-corrected chi connectivity index (χ2v) is 4.33. The van der Waals surface area contributed by atoms with Gasteiger partial charge in [-0.3, -0.25) is 0 Å². The molecule has 1 saturated carbocycles. The lowest BCUT2D eigenvalue weighted by molar-refractivity contribution is 0.0694. The molecule has 0 radical (unpaired) electrons. The number of nitrogens with zero attached hydrogens (tertiary/aromatic N) is 1. The van der Waals surface area contributed by atoms with Crippen molar-refractivity contribution in [3.05, 3.63) is 0 Å². The van der Waals surface area contributed by atoms with Gasteiger partial charge in [-0.1, -0.05) is 13.3 Å². The fourth-order valence-electron chi connectivity index (χ4n) is 2.44. The van der Waals surface area contributed by atoms with Crippen molar-refractivity contribution in [2.45, 2.75) is 45.1 Å². The Balaban J connectivity index is 1.76. The Morgan fingerprint density at radius 2 is 1.64 bits per heavy atom. The molecule has 0 bridgehead atoms. The van der Waals surface area contributed by atoms with Gasteiger partial charge in [0.05, 0.1) is 0 Å². The zero-order valence-electron chi connectivity index (χ0n) is 7.55. The molecule has 0 aromatic carbocycles. The Labute approximate surface area is 69.8 Å². The number of hydrogen-bond donors (Lipinski definition) is 0. The molecule has 11 heavy (non-hydrogen) atoms. The largest absolute Gasteiger partial charge is 0.300 e. The minimum atomic E-state index is 0.977. The maximum atomic E-state index is 2.71. The lowest BCUT2D eigenvalue weighted by Crippen LogP contribution is -2.46. The summed E-state index contributed by atoms with van der Waals surface area (Å²) in [6, 6.07) is 0.977. The number of rotatable bonds is 1. The van der Waals surface area contributed by atoms with E-state index in [4.69, 9.17) is 0 Å². The van der Waals surface area contributed by atoms with Crippen LogP contribution in [-0.2, 0) is 0 Å². The monoisotopic (exact) mass is 153 g/mol. The molecular formula is C10H19N. The molecule has 1 heterocycles. The van der Waals surface area contributed by atoms with E-state index in [0.29, 0.717) is 0 Å². The maximum absolute atomic E-state index is 2.71. The van der Waals surface area contributed by atoms with Crippen LogP contribution in [0.1, 0.15) is 39.0 Å². The highest BCUT2D eigenvalue weighted by atomic mass is 15.2. The van der Waals surface area contributed by atoms with E-state index < -0.39 is 0 Å². The van der Waals surface area contributed by atoms with Crippen molar-refractivity contribution >= 4 is 0 Å². The van der Waals surface area contributed by atoms with Crippen molar-refractivity contribution in [1.82, 2.24) is 4.90 Å². The third-order valence-electron chi connectivity index (χ3n) is 3.26. The molecule has 64 valence electrons. The molecule has 1 nitrogen and oxygen atoms in total. The first-order valence-corrected chi connectivity index (χ1v) is 5.10. The lowest BCUT2D eigenvalue weighted by Gasteiger charge is -2.43. The Morgan fingerprint density at radius 1 is 1.00 bits per heavy atom. The molecule has 0 unspecified atom stereocenters. The van der Waals surface area contributed by atoms with Crippen molar-refractivity contribution in [1.29, 1.82) is 0 Å². The van der Waals surface area contributed by atoms with Gasteiger partial charge in [0.1, 0.15) is 0 Å². The van der Waals surface area contributed by atoms with Crippen LogP contribution in [0.25, 0.3) is 0 Å². The van der Waals surface area contributed by atoms with Crippen molar-refractivity contribution in [2.75, 3.05) is 13.1 Å². The molecule has 1 saturated heterocycles. The zero-order chi connectivity index (χ0) is 7.68. The number of piperidine rings is 1. The average molecular weight is 153 g/mol. The Kier molecular flexibility index (Phi) is 2.17. The fraction of sp³-hybridized carbons (Fsp3) is 1.00. The highest BCUT2D eigenvalue weighted by Gasteiger charge is 2.30. The van der Waals surface area contributed by atoms with Crippen LogP contribution in [-0.4, -0.2) is 24.0 Å². The van der Waals surface area contributed by atoms with Crippen LogP contribution >= 0.6 is 0 Å². The first-order chi connectivity index (χ1) is 5.36. The summed E-state index contributed by atoms with van der Waals surface area (Å²) in [4.78, 5) is 2.71. The van der Waals surface area contributed by atoms with E-state index >= 15 is 0 Å². The molecule has 0 amide bonds. The van der Waals surface area contributed by atoms with Gasteiger partial charge in [-0.2, -0.15) is 0 Å². The van der Waals surface area contributed by atoms with Gasteiger partial charge >= 0.3 is 0 Å². The molecule has 0 N–H and O–H groups in total. The minimum absolute atomic E-state index is 0.977. The van der Waals surface area contributed by atoms with Crippen molar-refractivity contribution in [3.8, 4) is 0 Å². The Bertz CT molecular complexity index is 121. The van der Waals surface area contributed by atoms with Crippen LogP contribution in [0.4, 0.5) is 0 Å². The Morgan fingerprint density at radius 3 is 2.18 bits per heavy atom. The number of hydrogen-bond acceptors (Lipinski definition) is 1. The summed E-state index contributed by atoms with van der Waals surface area (Å²) in [6.45, 7) is 5.15. The molecule has 0 atom stereocenters. The normalized spacial score (nSPS) is 40.1. The Hall–Kier alpha value is -0.0400. The van der Waals surface area contributed by atoms with E-state index in [0.717, 1.165) is 12.0 Å². The SMILES string of the molecule is C[C@H]1C[C@@H](N2CCCCC2)C1. The van der Waals surface area contributed by atoms with E-state index in [1.165, 1.54) is 45.2 Å². The van der Waals surface area contributed by atoms with Gasteiger partial charge in [0.2, 0.25) is 0 Å². The van der Waals surface area contributed by atoms with Gasteiger partial charge in [-0.15, -0.1) is 0 Å². The summed E-state index contributed by atoms with van der Waals surface area (Å²) in [5.41, 5.74) is 0. The lowest BCUT2D eigenvalue weighted by atomic mass is 9.80. The summed E-state index contributed by atoms with van der Waals surface area (Å²) in [5, 5.41) is 0. The summed E-state index contributed by atoms with van der Waals surface area (Å²) >= 11 is 0. The summed E-state index contributed by atoms with van der Waals surface area (Å²) in [6.07, 6.45) is 7.31. The van der Waals surface area contributed by atoms with Crippen molar-refractivity contribution < 1.29 is 0 Å². The van der Waals surface area contributed by atoms with E-state index in [1.807, 2.05) is 0 Å². The van der Waals surface area contributed by atoms with Crippen molar-refractivity contribution in [2.24, 2.45) is 5.92 Å². The van der Waals surface area contributed by atoms with E-state index in [9.17, 15) is 0 Å². The molecule has 2 fully saturated rings. The van der Waals surface area contributed by atoms with Crippen LogP contribution in [0.3, 0.4) is 0 Å². The van der Waals surface area contributed by atoms with Crippen LogP contribution in [0, 0.1) is 5.92 Å². The molecule has 1 aliphatic heterocycles. The summed E-state index contributed by atoms with van der Waals surface area (Å²) in [5.74, 6) is 1.02. The first kappa shape index (κ1) is 7.60. The summed E-state index contributed by atoms with van der Waals surface area (Å²) < 4.78 is 0. The molecule has 1 aliphatic carbocycles. The van der Waals surface area contributed by atoms with Crippen LogP contribution in [0.2, 0.25) is 0 Å². The average Bonchev–Trinajstić information content (AvgIpc) is 2.01. The molecule has 0 spiro atoms. The molecular weight excluding hydrogens is 134 g/mol. The minimum Gasteiger partial charge on any atom is -0.300 e. The molecule has 2 rings (SSSR count). The first-order valence-electron chi connectivity index (χ1n) is 5.10. The fourth-order valence-corrected chi connectivity index (χ4v) is 2.44. The predicted molar refractivity (Wildman–Crippen MR) is 47.6 cm³/mol. The molecule has 2 aliphatic rings. The third-order valence-corrected chi connectivity index (χ3v) is 3.26. The molecule has 1 heteroatoms. The predicted octanol–water partition coefficient (Wildman–Crippen LogP) is 2.27. The molecule has 0 aromatic heterocycles. The van der Waals surface area contributed by atoms with Crippen LogP contribution < -0.4 is 0 Å². The second kappa shape index (κ2) is 3.14. The van der Waals surface area contributed by atoms with Crippen molar-refractivity contribution in [3.63, 3.8) is 0 Å². The van der Waals surface area contributed by atoms with Gasteiger partial charge in [0.25, 0.3) is 0 Å². The quantitative estimate of drug-likeness (QED) is 0.558. The van der Waals surface area contributed by atoms with Gasteiger partial charge in [-0.25, -0.2) is 0 Å². The maximum Gasteiger partial charge on any atom is 0.0100 e. The van der Waals surface area contributed by atoms with Gasteiger partial charge < -0.3 is 4.90 Å². The van der Waals surface area contributed by atoms with E-state index in [1.54, 1.807) is 0 Å². The second-order valence-electron chi connectivity index (χ2n) is 4.33. The van der Waals surface area contributed by atoms with Gasteiger partial charge in [0.15, 0.2) is 0 Å². The van der Waals surface area contributed by atoms with E-state index in [-0.39, 0.29) is 0 Å². The smallest absolute Gasteiger partial charge is 0.0100 e. The standard InChI is InChI=1S/C10H19N/c1-9-7-10(8-9)11-5-3-2-4-6-11/h9-10H,2-8H2,1H3/t9-,10+. The van der Waals surface area contributed by atoms with Gasteiger partial charge in [-0.05, 0) is 44.7 Å². The number of likely N-dealkylation sites (tertiary alicyclic amines) is 1. The van der Waals surface area contributed by atoms with Gasteiger partial charge in [0, 0.05) is 6.04 Å². The zero-order valence-corrected chi connectivity index (χ0v) is 7.55. The van der Waals surface area contributed by atoms with E-state index in [2.05, 4.69) is 11.8 Å². The topological polar surface area (TPSA) is 3.24 Å². The highest BCUT2D eigenvalue weighted by Crippen LogP contribution is 2.32. The van der Waals surface area contributed by atoms with Crippen LogP contribution in [0.15, 0.2) is 0 Å².